The first-order chi connectivity index (χ1) is 13.4. The zero-order chi connectivity index (χ0) is 20.4. The summed E-state index contributed by atoms with van der Waals surface area (Å²) in [5.41, 5.74) is 2.10. The van der Waals surface area contributed by atoms with E-state index >= 15 is 0 Å². The van der Waals surface area contributed by atoms with Crippen LogP contribution in [-0.2, 0) is 14.8 Å². The molecule has 2 aromatic rings. The number of rotatable bonds is 11. The fourth-order valence-corrected chi connectivity index (χ4v) is 3.59. The highest BCUT2D eigenvalue weighted by Crippen LogP contribution is 2.15. The lowest BCUT2D eigenvalue weighted by atomic mass is 10.1. The summed E-state index contributed by atoms with van der Waals surface area (Å²) in [5, 5.41) is 6.12. The summed E-state index contributed by atoms with van der Waals surface area (Å²) in [6.07, 6.45) is 0.746. The van der Waals surface area contributed by atoms with E-state index in [1.165, 1.54) is 19.2 Å². The maximum atomic E-state index is 12.5. The second-order valence-electron chi connectivity index (χ2n) is 6.27. The first-order valence-electron chi connectivity index (χ1n) is 9.10. The minimum absolute atomic E-state index is 0.0603. The van der Waals surface area contributed by atoms with E-state index < -0.39 is 10.0 Å². The van der Waals surface area contributed by atoms with Crippen LogP contribution in [0.5, 0.6) is 0 Å². The van der Waals surface area contributed by atoms with Crippen LogP contribution in [0.4, 0.5) is 5.69 Å². The van der Waals surface area contributed by atoms with Gasteiger partial charge >= 0.3 is 0 Å². The third kappa shape index (κ3) is 6.63. The van der Waals surface area contributed by atoms with Crippen molar-refractivity contribution in [3.63, 3.8) is 0 Å². The molecular formula is C20H27N3O4S. The van der Waals surface area contributed by atoms with Gasteiger partial charge in [-0.1, -0.05) is 24.3 Å². The summed E-state index contributed by atoms with van der Waals surface area (Å²) in [5.74, 6) is -0.286. The largest absolute Gasteiger partial charge is 0.385 e. The number of anilines is 1. The molecule has 152 valence electrons. The summed E-state index contributed by atoms with van der Waals surface area (Å²) < 4.78 is 31.9. The summed E-state index contributed by atoms with van der Waals surface area (Å²) >= 11 is 0. The first kappa shape index (κ1) is 21.9. The second-order valence-corrected chi connectivity index (χ2v) is 8.04. The highest BCUT2D eigenvalue weighted by atomic mass is 32.2. The van der Waals surface area contributed by atoms with E-state index in [0.29, 0.717) is 12.1 Å². The monoisotopic (exact) mass is 405 g/mol. The standard InChI is InChI=1S/C20H27N3O4S/c1-16-9-10-18(28(25,26)23-13-14-27-2)15-19(16)20(24)22-12-6-11-21-17-7-4-3-5-8-17/h3-5,7-10,15,21,23H,6,11-14H2,1-2H3,(H,22,24). The van der Waals surface area contributed by atoms with E-state index in [1.54, 1.807) is 13.0 Å². The van der Waals surface area contributed by atoms with Crippen molar-refractivity contribution in [3.05, 3.63) is 59.7 Å². The van der Waals surface area contributed by atoms with E-state index in [9.17, 15) is 13.2 Å². The number of hydrogen-bond acceptors (Lipinski definition) is 5. The molecule has 0 aromatic heterocycles. The van der Waals surface area contributed by atoms with Gasteiger partial charge in [-0.05, 0) is 43.2 Å². The molecule has 0 spiro atoms. The molecule has 8 heteroatoms. The molecule has 0 unspecified atom stereocenters. The van der Waals surface area contributed by atoms with Crippen molar-refractivity contribution >= 4 is 21.6 Å². The molecule has 0 bridgehead atoms. The van der Waals surface area contributed by atoms with Crippen LogP contribution in [0.3, 0.4) is 0 Å². The molecule has 0 aliphatic heterocycles. The number of sulfonamides is 1. The second kappa shape index (κ2) is 10.8. The van der Waals surface area contributed by atoms with Gasteiger partial charge in [-0.3, -0.25) is 4.79 Å². The highest BCUT2D eigenvalue weighted by molar-refractivity contribution is 7.89. The summed E-state index contributed by atoms with van der Waals surface area (Å²) in [6.45, 7) is 3.43. The van der Waals surface area contributed by atoms with Gasteiger partial charge in [0.05, 0.1) is 11.5 Å². The maximum absolute atomic E-state index is 12.5. The Balaban J connectivity index is 1.89. The smallest absolute Gasteiger partial charge is 0.251 e. The van der Waals surface area contributed by atoms with Crippen molar-refractivity contribution in [1.82, 2.24) is 10.0 Å². The fraction of sp³-hybridized carbons (Fsp3) is 0.350. The number of amides is 1. The molecule has 0 fully saturated rings. The third-order valence-electron chi connectivity index (χ3n) is 4.10. The molecular weight excluding hydrogens is 378 g/mol. The summed E-state index contributed by atoms with van der Waals surface area (Å²) in [7, 11) is -2.19. The Kier molecular flexibility index (Phi) is 8.43. The average molecular weight is 406 g/mol. The van der Waals surface area contributed by atoms with E-state index in [2.05, 4.69) is 15.4 Å². The Morgan fingerprint density at radius 2 is 1.79 bits per heavy atom. The van der Waals surface area contributed by atoms with Crippen LogP contribution in [0.25, 0.3) is 0 Å². The molecule has 28 heavy (non-hydrogen) atoms. The Hall–Kier alpha value is -2.42. The Labute approximate surface area is 166 Å². The van der Waals surface area contributed by atoms with Gasteiger partial charge in [0.25, 0.3) is 5.91 Å². The van der Waals surface area contributed by atoms with Crippen LogP contribution in [0.1, 0.15) is 22.3 Å². The van der Waals surface area contributed by atoms with Gasteiger partial charge in [-0.25, -0.2) is 13.1 Å². The lowest BCUT2D eigenvalue weighted by Gasteiger charge is -2.11. The maximum Gasteiger partial charge on any atom is 0.251 e. The van der Waals surface area contributed by atoms with Crippen molar-refractivity contribution in [2.24, 2.45) is 0 Å². The van der Waals surface area contributed by atoms with Gasteiger partial charge < -0.3 is 15.4 Å². The molecule has 7 nitrogen and oxygen atoms in total. The van der Waals surface area contributed by atoms with E-state index in [-0.39, 0.29) is 24.0 Å². The van der Waals surface area contributed by atoms with Gasteiger partial charge in [-0.2, -0.15) is 0 Å². The molecule has 0 atom stereocenters. The molecule has 3 N–H and O–H groups in total. The predicted molar refractivity (Wildman–Crippen MR) is 110 cm³/mol. The number of aryl methyl sites for hydroxylation is 1. The number of carbonyl (C=O) groups excluding carboxylic acids is 1. The molecule has 2 aromatic carbocycles. The zero-order valence-electron chi connectivity index (χ0n) is 16.2. The first-order valence-corrected chi connectivity index (χ1v) is 10.6. The summed E-state index contributed by atoms with van der Waals surface area (Å²) in [4.78, 5) is 12.5. The number of carbonyl (C=O) groups is 1. The molecule has 0 aliphatic carbocycles. The topological polar surface area (TPSA) is 96.5 Å². The van der Waals surface area contributed by atoms with Gasteiger partial charge in [0.1, 0.15) is 0 Å². The number of para-hydroxylation sites is 1. The summed E-state index contributed by atoms with van der Waals surface area (Å²) in [6, 6.07) is 14.4. The third-order valence-corrected chi connectivity index (χ3v) is 5.56. The van der Waals surface area contributed by atoms with Crippen molar-refractivity contribution in [2.45, 2.75) is 18.2 Å². The van der Waals surface area contributed by atoms with Crippen molar-refractivity contribution in [3.8, 4) is 0 Å². The lowest BCUT2D eigenvalue weighted by molar-refractivity contribution is 0.0952. The molecule has 0 saturated heterocycles. The lowest BCUT2D eigenvalue weighted by Crippen LogP contribution is -2.29. The molecule has 1 amide bonds. The average Bonchev–Trinajstić information content (AvgIpc) is 2.68. The minimum atomic E-state index is -3.69. The number of benzene rings is 2. The quantitative estimate of drug-likeness (QED) is 0.498. The van der Waals surface area contributed by atoms with Crippen LogP contribution in [0.15, 0.2) is 53.4 Å². The highest BCUT2D eigenvalue weighted by Gasteiger charge is 2.17. The SMILES string of the molecule is COCCNS(=O)(=O)c1ccc(C)c(C(=O)NCCCNc2ccccc2)c1. The van der Waals surface area contributed by atoms with E-state index in [1.807, 2.05) is 30.3 Å². The predicted octanol–water partition coefficient (Wildman–Crippen LogP) is 2.15. The van der Waals surface area contributed by atoms with Crippen LogP contribution >= 0.6 is 0 Å². The Morgan fingerprint density at radius 1 is 1.04 bits per heavy atom. The van der Waals surface area contributed by atoms with Gasteiger partial charge in [0, 0.05) is 38.0 Å². The van der Waals surface area contributed by atoms with Crippen LogP contribution < -0.4 is 15.4 Å². The van der Waals surface area contributed by atoms with E-state index in [0.717, 1.165) is 24.2 Å². The van der Waals surface area contributed by atoms with Gasteiger partial charge in [0.2, 0.25) is 10.0 Å². The van der Waals surface area contributed by atoms with Gasteiger partial charge in [0.15, 0.2) is 0 Å². The normalized spacial score (nSPS) is 11.2. The van der Waals surface area contributed by atoms with E-state index in [4.69, 9.17) is 4.74 Å². The molecule has 0 radical (unpaired) electrons. The van der Waals surface area contributed by atoms with Crippen LogP contribution in [-0.4, -0.2) is 47.7 Å². The number of methoxy groups -OCH3 is 1. The molecule has 0 aliphatic rings. The van der Waals surface area contributed by atoms with Crippen LogP contribution in [0.2, 0.25) is 0 Å². The number of ether oxygens (including phenoxy) is 1. The number of nitrogens with one attached hydrogen (secondary N) is 3. The van der Waals surface area contributed by atoms with Crippen molar-refractivity contribution in [2.75, 3.05) is 38.7 Å². The van der Waals surface area contributed by atoms with Crippen molar-refractivity contribution in [1.29, 1.82) is 0 Å². The van der Waals surface area contributed by atoms with Crippen molar-refractivity contribution < 1.29 is 17.9 Å². The van der Waals surface area contributed by atoms with Crippen LogP contribution in [0, 0.1) is 6.92 Å². The fourth-order valence-electron chi connectivity index (χ4n) is 2.55. The Bertz CT molecular complexity index is 870. The number of hydrogen-bond donors (Lipinski definition) is 3. The molecule has 0 saturated carbocycles. The Morgan fingerprint density at radius 3 is 2.50 bits per heavy atom. The zero-order valence-corrected chi connectivity index (χ0v) is 17.0. The van der Waals surface area contributed by atoms with Gasteiger partial charge in [-0.15, -0.1) is 0 Å². The molecule has 0 heterocycles. The minimum Gasteiger partial charge on any atom is -0.385 e. The molecule has 2 rings (SSSR count).